The number of Topliss-reactive ketones (excluding diaryl/α,β-unsaturated/α-hetero) is 1. The van der Waals surface area contributed by atoms with Crippen molar-refractivity contribution in [2.75, 3.05) is 11.5 Å². The van der Waals surface area contributed by atoms with Gasteiger partial charge in [0, 0.05) is 17.3 Å². The number of ketones is 1. The van der Waals surface area contributed by atoms with Gasteiger partial charge in [0.1, 0.15) is 11.6 Å². The van der Waals surface area contributed by atoms with Gasteiger partial charge in [0.05, 0.1) is 11.3 Å². The number of nitrogens with zero attached hydrogens (tertiary/aromatic N) is 1. The fourth-order valence-electron chi connectivity index (χ4n) is 2.00. The number of nitrogens with two attached hydrogens (primary N) is 2. The maximum atomic E-state index is 14.0. The molecule has 1 aromatic heterocycles. The molecular weight excluding hydrogens is 288 g/mol. The third-order valence-corrected chi connectivity index (χ3v) is 3.33. The molecular formula is C16H15F2N3O. The third-order valence-electron chi connectivity index (χ3n) is 3.33. The van der Waals surface area contributed by atoms with Crippen molar-refractivity contribution in [2.24, 2.45) is 0 Å². The van der Waals surface area contributed by atoms with Gasteiger partial charge in [0.25, 0.3) is 0 Å². The van der Waals surface area contributed by atoms with Crippen molar-refractivity contribution >= 4 is 22.9 Å². The van der Waals surface area contributed by atoms with Crippen LogP contribution in [0.5, 0.6) is 0 Å². The number of benzene rings is 1. The first-order valence-electron chi connectivity index (χ1n) is 6.58. The Morgan fingerprint density at radius 1 is 1.32 bits per heavy atom. The number of hydrogen-bond donors (Lipinski definition) is 2. The lowest BCUT2D eigenvalue weighted by molar-refractivity contribution is 0.104. The molecule has 0 aliphatic carbocycles. The number of anilines is 2. The average molecular weight is 303 g/mol. The first-order chi connectivity index (χ1) is 10.4. The number of nitrogen functional groups attached to an aromatic ring is 2. The second kappa shape index (κ2) is 5.93. The summed E-state index contributed by atoms with van der Waals surface area (Å²) in [4.78, 5) is 16.3. The molecule has 0 aliphatic heterocycles. The third kappa shape index (κ3) is 2.67. The van der Waals surface area contributed by atoms with Crippen molar-refractivity contribution in [3.05, 3.63) is 59.3 Å². The molecule has 0 aliphatic rings. The molecule has 2 aromatic rings. The highest BCUT2D eigenvalue weighted by Crippen LogP contribution is 2.27. The van der Waals surface area contributed by atoms with Crippen LogP contribution in [0.1, 0.15) is 28.4 Å². The van der Waals surface area contributed by atoms with E-state index in [0.717, 1.165) is 17.7 Å². The van der Waals surface area contributed by atoms with Crippen LogP contribution in [-0.2, 0) is 6.42 Å². The second-order valence-electron chi connectivity index (χ2n) is 4.76. The van der Waals surface area contributed by atoms with Crippen molar-refractivity contribution in [1.82, 2.24) is 4.98 Å². The zero-order chi connectivity index (χ0) is 16.4. The largest absolute Gasteiger partial charge is 0.396 e. The number of aromatic nitrogens is 1. The highest BCUT2D eigenvalue weighted by Gasteiger charge is 2.24. The number of rotatable bonds is 4. The number of pyridine rings is 1. The standard InChI is InChI=1S/C16H15F2N3O/c1-3-9-6-10(16(20)21-7-9)8(2)15(22)13-11(17)4-5-12(19)14(13)18/h4-7H,2-3,19H2,1H3,(H2,20,21). The molecule has 4 N–H and O–H groups in total. The minimum Gasteiger partial charge on any atom is -0.396 e. The SMILES string of the molecule is C=C(C(=O)c1c(F)ccc(N)c1F)c1cc(CC)cnc1N. The van der Waals surface area contributed by atoms with E-state index in [0.29, 0.717) is 6.42 Å². The minimum atomic E-state index is -1.11. The summed E-state index contributed by atoms with van der Waals surface area (Å²) in [6.07, 6.45) is 2.24. The molecule has 1 heterocycles. The molecule has 0 radical (unpaired) electrons. The molecule has 0 unspecified atom stereocenters. The van der Waals surface area contributed by atoms with Crippen LogP contribution in [0.4, 0.5) is 20.3 Å². The summed E-state index contributed by atoms with van der Waals surface area (Å²) in [7, 11) is 0. The van der Waals surface area contributed by atoms with Gasteiger partial charge in [-0.05, 0) is 30.2 Å². The second-order valence-corrected chi connectivity index (χ2v) is 4.76. The van der Waals surface area contributed by atoms with Crippen molar-refractivity contribution in [3.63, 3.8) is 0 Å². The summed E-state index contributed by atoms with van der Waals surface area (Å²) in [6.45, 7) is 5.51. The van der Waals surface area contributed by atoms with Gasteiger partial charge in [-0.2, -0.15) is 0 Å². The van der Waals surface area contributed by atoms with Gasteiger partial charge < -0.3 is 11.5 Å². The van der Waals surface area contributed by atoms with Crippen molar-refractivity contribution in [2.45, 2.75) is 13.3 Å². The van der Waals surface area contributed by atoms with Gasteiger partial charge in [-0.15, -0.1) is 0 Å². The molecule has 0 atom stereocenters. The normalized spacial score (nSPS) is 10.5. The lowest BCUT2D eigenvalue weighted by Gasteiger charge is -2.11. The predicted molar refractivity (Wildman–Crippen MR) is 82.2 cm³/mol. The Balaban J connectivity index is 2.51. The Morgan fingerprint density at radius 2 is 2.00 bits per heavy atom. The van der Waals surface area contributed by atoms with E-state index in [1.807, 2.05) is 6.92 Å². The van der Waals surface area contributed by atoms with Crippen LogP contribution >= 0.6 is 0 Å². The number of carbonyl (C=O) groups excluding carboxylic acids is 1. The van der Waals surface area contributed by atoms with Crippen LogP contribution in [0.3, 0.4) is 0 Å². The van der Waals surface area contributed by atoms with E-state index in [-0.39, 0.29) is 22.6 Å². The highest BCUT2D eigenvalue weighted by molar-refractivity contribution is 6.29. The van der Waals surface area contributed by atoms with Crippen LogP contribution in [0.25, 0.3) is 5.57 Å². The quantitative estimate of drug-likeness (QED) is 0.517. The smallest absolute Gasteiger partial charge is 0.199 e. The lowest BCUT2D eigenvalue weighted by Crippen LogP contribution is -2.11. The van der Waals surface area contributed by atoms with Crippen LogP contribution in [0.15, 0.2) is 31.0 Å². The van der Waals surface area contributed by atoms with Crippen LogP contribution < -0.4 is 11.5 Å². The molecule has 6 heteroatoms. The fraction of sp³-hybridized carbons (Fsp3) is 0.125. The van der Waals surface area contributed by atoms with Crippen LogP contribution in [0, 0.1) is 11.6 Å². The lowest BCUT2D eigenvalue weighted by atomic mass is 9.96. The maximum Gasteiger partial charge on any atom is 0.199 e. The van der Waals surface area contributed by atoms with Gasteiger partial charge >= 0.3 is 0 Å². The fourth-order valence-corrected chi connectivity index (χ4v) is 2.00. The first kappa shape index (κ1) is 15.6. The van der Waals surface area contributed by atoms with Gasteiger partial charge in [-0.3, -0.25) is 4.79 Å². The van der Waals surface area contributed by atoms with Crippen molar-refractivity contribution < 1.29 is 13.6 Å². The van der Waals surface area contributed by atoms with E-state index in [4.69, 9.17) is 11.5 Å². The summed E-state index contributed by atoms with van der Waals surface area (Å²) in [5.74, 6) is -2.95. The Hall–Kier alpha value is -2.76. The van der Waals surface area contributed by atoms with Gasteiger partial charge in [-0.25, -0.2) is 13.8 Å². The number of hydrogen-bond acceptors (Lipinski definition) is 4. The molecule has 0 spiro atoms. The van der Waals surface area contributed by atoms with E-state index in [9.17, 15) is 13.6 Å². The molecule has 114 valence electrons. The van der Waals surface area contributed by atoms with Crippen molar-refractivity contribution in [1.29, 1.82) is 0 Å². The Morgan fingerprint density at radius 3 is 2.64 bits per heavy atom. The molecule has 0 fully saturated rings. The van der Waals surface area contributed by atoms with Gasteiger partial charge in [0.2, 0.25) is 0 Å². The van der Waals surface area contributed by atoms with Gasteiger partial charge in [-0.1, -0.05) is 13.5 Å². The van der Waals surface area contributed by atoms with Gasteiger partial charge in [0.15, 0.2) is 11.6 Å². The first-order valence-corrected chi connectivity index (χ1v) is 6.58. The molecule has 0 amide bonds. The van der Waals surface area contributed by atoms with Crippen molar-refractivity contribution in [3.8, 4) is 0 Å². The topological polar surface area (TPSA) is 82.0 Å². The summed E-state index contributed by atoms with van der Waals surface area (Å²) >= 11 is 0. The van der Waals surface area contributed by atoms with Crippen LogP contribution in [-0.4, -0.2) is 10.8 Å². The Kier molecular flexibility index (Phi) is 4.21. The Bertz CT molecular complexity index is 772. The molecule has 0 saturated heterocycles. The monoisotopic (exact) mass is 303 g/mol. The summed E-state index contributed by atoms with van der Waals surface area (Å²) in [5.41, 5.74) is 11.0. The molecule has 22 heavy (non-hydrogen) atoms. The highest BCUT2D eigenvalue weighted by atomic mass is 19.1. The summed E-state index contributed by atoms with van der Waals surface area (Å²) in [6, 6.07) is 3.62. The number of allylic oxidation sites excluding steroid dienone is 1. The zero-order valence-electron chi connectivity index (χ0n) is 12.0. The Labute approximate surface area is 126 Å². The van der Waals surface area contributed by atoms with Crippen LogP contribution in [0.2, 0.25) is 0 Å². The predicted octanol–water partition coefficient (Wildman–Crippen LogP) is 2.98. The molecule has 2 rings (SSSR count). The molecule has 4 nitrogen and oxygen atoms in total. The summed E-state index contributed by atoms with van der Waals surface area (Å²) < 4.78 is 27.8. The average Bonchev–Trinajstić information content (AvgIpc) is 2.51. The maximum absolute atomic E-state index is 14.0. The zero-order valence-corrected chi connectivity index (χ0v) is 12.0. The molecule has 1 aromatic carbocycles. The molecule has 0 saturated carbocycles. The van der Waals surface area contributed by atoms with E-state index in [2.05, 4.69) is 11.6 Å². The van der Waals surface area contributed by atoms with E-state index in [1.165, 1.54) is 0 Å². The summed E-state index contributed by atoms with van der Waals surface area (Å²) in [5, 5.41) is 0. The minimum absolute atomic E-state index is 0.0697. The number of halogens is 2. The molecule has 0 bridgehead atoms. The van der Waals surface area contributed by atoms with E-state index in [1.54, 1.807) is 12.3 Å². The van der Waals surface area contributed by atoms with E-state index >= 15 is 0 Å². The number of carbonyl (C=O) groups is 1. The van der Waals surface area contributed by atoms with E-state index < -0.39 is 23.0 Å². The number of aryl methyl sites for hydroxylation is 1.